The highest BCUT2D eigenvalue weighted by Crippen LogP contribution is 2.42. The topological polar surface area (TPSA) is 63.2 Å². The molecule has 0 spiro atoms. The van der Waals surface area contributed by atoms with Crippen LogP contribution in [-0.4, -0.2) is 40.0 Å². The van der Waals surface area contributed by atoms with E-state index in [0.717, 1.165) is 11.1 Å². The maximum absolute atomic E-state index is 12.8. The van der Waals surface area contributed by atoms with Gasteiger partial charge >= 0.3 is 5.97 Å². The molecule has 1 aliphatic rings. The Bertz CT molecular complexity index is 905. The molecule has 0 unspecified atom stereocenters. The molecule has 0 aromatic heterocycles. The van der Waals surface area contributed by atoms with E-state index in [1.807, 2.05) is 50.2 Å². The van der Waals surface area contributed by atoms with Crippen LogP contribution in [0.4, 0.5) is 0 Å². The Labute approximate surface area is 178 Å². The second kappa shape index (κ2) is 8.86. The van der Waals surface area contributed by atoms with Crippen LogP contribution in [0.5, 0.6) is 23.0 Å². The molecule has 0 bridgehead atoms. The molecule has 30 heavy (non-hydrogen) atoms. The van der Waals surface area contributed by atoms with Gasteiger partial charge in [-0.15, -0.1) is 0 Å². The highest BCUT2D eigenvalue weighted by Gasteiger charge is 2.49. The third kappa shape index (κ3) is 4.32. The van der Waals surface area contributed by atoms with Gasteiger partial charge in [0.15, 0.2) is 23.0 Å². The first-order valence-corrected chi connectivity index (χ1v) is 9.97. The smallest absolute Gasteiger partial charge is 0.310 e. The fraction of sp³-hybridized carbons (Fsp3) is 0.458. The number of methoxy groups -OCH3 is 4. The van der Waals surface area contributed by atoms with E-state index in [-0.39, 0.29) is 17.8 Å². The van der Waals surface area contributed by atoms with E-state index >= 15 is 0 Å². The summed E-state index contributed by atoms with van der Waals surface area (Å²) in [7, 11) is 6.44. The van der Waals surface area contributed by atoms with Crippen molar-refractivity contribution in [2.75, 3.05) is 28.4 Å². The predicted molar refractivity (Wildman–Crippen MR) is 114 cm³/mol. The fourth-order valence-corrected chi connectivity index (χ4v) is 4.20. The van der Waals surface area contributed by atoms with Gasteiger partial charge in [0.2, 0.25) is 0 Å². The summed E-state index contributed by atoms with van der Waals surface area (Å²) in [5.41, 5.74) is 1.51. The Balaban J connectivity index is 1.87. The van der Waals surface area contributed by atoms with Gasteiger partial charge in [-0.25, -0.2) is 0 Å². The molecule has 0 N–H and O–H groups in total. The molecule has 1 saturated heterocycles. The molecule has 2 aromatic carbocycles. The minimum atomic E-state index is -0.564. The fourth-order valence-electron chi connectivity index (χ4n) is 4.20. The largest absolute Gasteiger partial charge is 0.493 e. The van der Waals surface area contributed by atoms with Crippen molar-refractivity contribution >= 4 is 5.97 Å². The number of esters is 1. The van der Waals surface area contributed by atoms with Gasteiger partial charge < -0.3 is 23.7 Å². The maximum Gasteiger partial charge on any atom is 0.310 e. The van der Waals surface area contributed by atoms with Gasteiger partial charge in [-0.1, -0.05) is 12.1 Å². The Morgan fingerprint density at radius 1 is 0.767 bits per heavy atom. The molecule has 6 heteroatoms. The average molecular weight is 414 g/mol. The molecule has 0 aliphatic carbocycles. The zero-order chi connectivity index (χ0) is 21.9. The lowest BCUT2D eigenvalue weighted by Crippen LogP contribution is -2.32. The Hall–Kier alpha value is -2.89. The van der Waals surface area contributed by atoms with Crippen molar-refractivity contribution in [1.29, 1.82) is 0 Å². The molecule has 0 saturated carbocycles. The number of ether oxygens (including phenoxy) is 5. The maximum atomic E-state index is 12.8. The minimum Gasteiger partial charge on any atom is -0.493 e. The van der Waals surface area contributed by atoms with E-state index in [2.05, 4.69) is 0 Å². The highest BCUT2D eigenvalue weighted by atomic mass is 16.6. The van der Waals surface area contributed by atoms with Crippen LogP contribution in [-0.2, 0) is 22.4 Å². The van der Waals surface area contributed by atoms with Gasteiger partial charge in [0, 0.05) is 5.92 Å². The van der Waals surface area contributed by atoms with Gasteiger partial charge in [0.05, 0.1) is 34.4 Å². The van der Waals surface area contributed by atoms with Crippen molar-refractivity contribution in [1.82, 2.24) is 0 Å². The van der Waals surface area contributed by atoms with E-state index in [1.54, 1.807) is 28.4 Å². The molecule has 1 fully saturated rings. The summed E-state index contributed by atoms with van der Waals surface area (Å²) in [6.07, 6.45) is 1.26. The van der Waals surface area contributed by atoms with Crippen LogP contribution >= 0.6 is 0 Å². The van der Waals surface area contributed by atoms with Crippen LogP contribution in [0, 0.1) is 11.8 Å². The zero-order valence-electron chi connectivity index (χ0n) is 18.5. The number of rotatable bonds is 8. The Morgan fingerprint density at radius 2 is 1.23 bits per heavy atom. The molecule has 3 rings (SSSR count). The van der Waals surface area contributed by atoms with Crippen LogP contribution in [0.1, 0.15) is 25.0 Å². The van der Waals surface area contributed by atoms with Gasteiger partial charge in [0.1, 0.15) is 5.60 Å². The van der Waals surface area contributed by atoms with Crippen LogP contribution in [0.15, 0.2) is 36.4 Å². The van der Waals surface area contributed by atoms with Crippen molar-refractivity contribution in [3.05, 3.63) is 47.5 Å². The molecule has 1 heterocycles. The average Bonchev–Trinajstić information content (AvgIpc) is 2.95. The first-order valence-electron chi connectivity index (χ1n) is 9.97. The first kappa shape index (κ1) is 21.8. The van der Waals surface area contributed by atoms with Crippen molar-refractivity contribution < 1.29 is 28.5 Å². The monoisotopic (exact) mass is 414 g/mol. The normalized spacial score (nSPS) is 19.9. The first-order chi connectivity index (χ1) is 14.3. The minimum absolute atomic E-state index is 0.0104. The van der Waals surface area contributed by atoms with Gasteiger partial charge in [0.25, 0.3) is 0 Å². The number of hydrogen-bond acceptors (Lipinski definition) is 6. The molecule has 2 atom stereocenters. The van der Waals surface area contributed by atoms with Crippen molar-refractivity contribution in [2.24, 2.45) is 11.8 Å². The summed E-state index contributed by atoms with van der Waals surface area (Å²) >= 11 is 0. The summed E-state index contributed by atoms with van der Waals surface area (Å²) in [5, 5.41) is 0. The van der Waals surface area contributed by atoms with Crippen LogP contribution in [0.25, 0.3) is 0 Å². The lowest BCUT2D eigenvalue weighted by Gasteiger charge is -2.27. The molecule has 1 aliphatic heterocycles. The van der Waals surface area contributed by atoms with E-state index in [4.69, 9.17) is 23.7 Å². The summed E-state index contributed by atoms with van der Waals surface area (Å²) in [6.45, 7) is 3.95. The van der Waals surface area contributed by atoms with Crippen molar-refractivity contribution in [3.8, 4) is 23.0 Å². The lowest BCUT2D eigenvalue weighted by molar-refractivity contribution is -0.148. The highest BCUT2D eigenvalue weighted by molar-refractivity contribution is 5.76. The molecule has 6 nitrogen and oxygen atoms in total. The number of benzene rings is 2. The summed E-state index contributed by atoms with van der Waals surface area (Å²) in [5.74, 6) is 2.26. The number of cyclic esters (lactones) is 1. The van der Waals surface area contributed by atoms with Gasteiger partial charge in [-0.3, -0.25) is 4.79 Å². The van der Waals surface area contributed by atoms with Crippen LogP contribution in [0.2, 0.25) is 0 Å². The molecule has 162 valence electrons. The van der Waals surface area contributed by atoms with Gasteiger partial charge in [-0.05, 0) is 62.1 Å². The third-order valence-electron chi connectivity index (χ3n) is 5.85. The van der Waals surface area contributed by atoms with Crippen LogP contribution < -0.4 is 18.9 Å². The van der Waals surface area contributed by atoms with E-state index in [1.165, 1.54) is 0 Å². The predicted octanol–water partition coefficient (Wildman–Crippen LogP) is 4.07. The number of carbonyl (C=O) groups is 1. The van der Waals surface area contributed by atoms with Crippen LogP contribution in [0.3, 0.4) is 0 Å². The van der Waals surface area contributed by atoms with Gasteiger partial charge in [-0.2, -0.15) is 0 Å². The summed E-state index contributed by atoms with van der Waals surface area (Å²) < 4.78 is 27.3. The standard InChI is InChI=1S/C24H30O6/c1-24(2)18(12-16-8-10-20(27-4)22(14-16)29-6)17(23(25)30-24)11-15-7-9-19(26-3)21(13-15)28-5/h7-10,13-14,17-18H,11-12H2,1-6H3/t17-,18-/m1/s1. The van der Waals surface area contributed by atoms with E-state index in [0.29, 0.717) is 35.8 Å². The second-order valence-corrected chi connectivity index (χ2v) is 8.02. The van der Waals surface area contributed by atoms with Crippen molar-refractivity contribution in [3.63, 3.8) is 0 Å². The zero-order valence-corrected chi connectivity index (χ0v) is 18.5. The van der Waals surface area contributed by atoms with E-state index in [9.17, 15) is 4.79 Å². The molecular weight excluding hydrogens is 384 g/mol. The number of hydrogen-bond donors (Lipinski definition) is 0. The summed E-state index contributed by atoms with van der Waals surface area (Å²) in [4.78, 5) is 12.8. The Morgan fingerprint density at radius 3 is 1.70 bits per heavy atom. The second-order valence-electron chi connectivity index (χ2n) is 8.02. The molecule has 0 amide bonds. The third-order valence-corrected chi connectivity index (χ3v) is 5.85. The SMILES string of the molecule is COc1ccc(C[C@@H]2[C@@H](Cc3ccc(OC)c(OC)c3)C(=O)OC2(C)C)cc1OC. The lowest BCUT2D eigenvalue weighted by atomic mass is 9.76. The van der Waals surface area contributed by atoms with Crippen molar-refractivity contribution in [2.45, 2.75) is 32.3 Å². The number of carbonyl (C=O) groups excluding carboxylic acids is 1. The molecule has 0 radical (unpaired) electrons. The van der Waals surface area contributed by atoms with E-state index < -0.39 is 5.60 Å². The molecule has 2 aromatic rings. The quantitative estimate of drug-likeness (QED) is 0.607. The molecular formula is C24H30O6. The Kier molecular flexibility index (Phi) is 6.44. The summed E-state index contributed by atoms with van der Waals surface area (Å²) in [6, 6.07) is 11.6.